The van der Waals surface area contributed by atoms with Crippen molar-refractivity contribution < 1.29 is 4.79 Å². The highest BCUT2D eigenvalue weighted by Gasteiger charge is 2.10. The molecule has 15 heavy (non-hydrogen) atoms. The maximum Gasteiger partial charge on any atom is 0.250 e. The highest BCUT2D eigenvalue weighted by molar-refractivity contribution is 5.95. The average molecular weight is 210 g/mol. The molecular formula is C12H22N2O. The zero-order valence-electron chi connectivity index (χ0n) is 10.0. The van der Waals surface area contributed by atoms with Crippen molar-refractivity contribution in [1.82, 2.24) is 4.90 Å². The Morgan fingerprint density at radius 1 is 1.47 bits per heavy atom. The first-order valence-electron chi connectivity index (χ1n) is 5.46. The fourth-order valence-electron chi connectivity index (χ4n) is 1.51. The van der Waals surface area contributed by atoms with Crippen LogP contribution < -0.4 is 5.73 Å². The van der Waals surface area contributed by atoms with Crippen LogP contribution in [0.2, 0.25) is 0 Å². The van der Waals surface area contributed by atoms with Crippen LogP contribution in [-0.2, 0) is 4.79 Å². The lowest BCUT2D eigenvalue weighted by atomic mass is 10.1. The summed E-state index contributed by atoms with van der Waals surface area (Å²) < 4.78 is 0. The van der Waals surface area contributed by atoms with Gasteiger partial charge in [0.2, 0.25) is 5.91 Å². The molecule has 0 aromatic heterocycles. The number of carbonyl (C=O) groups excluding carboxylic acids is 1. The predicted octanol–water partition coefficient (Wildman–Crippen LogP) is 2.05. The van der Waals surface area contributed by atoms with E-state index in [1.54, 1.807) is 0 Å². The number of amides is 1. The van der Waals surface area contributed by atoms with Crippen LogP contribution in [0.5, 0.6) is 0 Å². The van der Waals surface area contributed by atoms with Crippen LogP contribution in [-0.4, -0.2) is 23.9 Å². The summed E-state index contributed by atoms with van der Waals surface area (Å²) in [6.45, 7) is 11.6. The van der Waals surface area contributed by atoms with Crippen LogP contribution in [0.3, 0.4) is 0 Å². The lowest BCUT2D eigenvalue weighted by Gasteiger charge is -2.24. The number of primary amides is 1. The standard InChI is InChI=1S/C12H22N2O/c1-5-8-9-14(7-3)10(4)11(6-2)12(13)15/h6H,2,5,7-9H2,1,3-4H3,(H2,13,15)/b11-10-. The second-order valence-electron chi connectivity index (χ2n) is 3.50. The molecule has 0 saturated heterocycles. The Morgan fingerprint density at radius 2 is 2.07 bits per heavy atom. The molecule has 3 heteroatoms. The molecule has 0 aliphatic rings. The van der Waals surface area contributed by atoms with Crippen molar-refractivity contribution in [2.24, 2.45) is 5.73 Å². The van der Waals surface area contributed by atoms with Gasteiger partial charge in [-0.2, -0.15) is 0 Å². The van der Waals surface area contributed by atoms with Gasteiger partial charge in [-0.05, 0) is 20.3 Å². The first-order chi connectivity index (χ1) is 7.08. The number of nitrogens with zero attached hydrogens (tertiary/aromatic N) is 1. The van der Waals surface area contributed by atoms with E-state index in [9.17, 15) is 4.79 Å². The van der Waals surface area contributed by atoms with Crippen molar-refractivity contribution >= 4 is 5.91 Å². The Bertz CT molecular complexity index is 256. The summed E-state index contributed by atoms with van der Waals surface area (Å²) in [4.78, 5) is 13.3. The Hall–Kier alpha value is -1.25. The molecular weight excluding hydrogens is 188 g/mol. The lowest BCUT2D eigenvalue weighted by Crippen LogP contribution is -2.26. The van der Waals surface area contributed by atoms with Gasteiger partial charge >= 0.3 is 0 Å². The molecule has 0 rings (SSSR count). The molecule has 0 spiro atoms. The number of hydrogen-bond acceptors (Lipinski definition) is 2. The van der Waals surface area contributed by atoms with Gasteiger partial charge in [-0.3, -0.25) is 4.79 Å². The second-order valence-corrected chi connectivity index (χ2v) is 3.50. The molecule has 0 aromatic rings. The SMILES string of the molecule is C=C/C(C(N)=O)=C(\C)N(CC)CCCC. The first kappa shape index (κ1) is 13.8. The molecule has 0 bridgehead atoms. The lowest BCUT2D eigenvalue weighted by molar-refractivity contribution is -0.114. The molecule has 2 N–H and O–H groups in total. The third kappa shape index (κ3) is 4.19. The fraction of sp³-hybridized carbons (Fsp3) is 0.583. The molecule has 86 valence electrons. The minimum absolute atomic E-state index is 0.405. The van der Waals surface area contributed by atoms with Gasteiger partial charge in [-0.25, -0.2) is 0 Å². The van der Waals surface area contributed by atoms with Crippen LogP contribution in [0.15, 0.2) is 23.9 Å². The number of hydrogen-bond donors (Lipinski definition) is 1. The van der Waals surface area contributed by atoms with Crippen LogP contribution in [0.4, 0.5) is 0 Å². The van der Waals surface area contributed by atoms with Crippen molar-refractivity contribution in [3.05, 3.63) is 23.9 Å². The summed E-state index contributed by atoms with van der Waals surface area (Å²) in [5, 5.41) is 0. The second kappa shape index (κ2) is 7.10. The topological polar surface area (TPSA) is 46.3 Å². The van der Waals surface area contributed by atoms with Crippen LogP contribution in [0.1, 0.15) is 33.6 Å². The van der Waals surface area contributed by atoms with Gasteiger partial charge < -0.3 is 10.6 Å². The van der Waals surface area contributed by atoms with E-state index in [1.165, 1.54) is 6.08 Å². The monoisotopic (exact) mass is 210 g/mol. The van der Waals surface area contributed by atoms with Crippen molar-refractivity contribution in [1.29, 1.82) is 0 Å². The first-order valence-corrected chi connectivity index (χ1v) is 5.46. The highest BCUT2D eigenvalue weighted by Crippen LogP contribution is 2.11. The maximum absolute atomic E-state index is 11.1. The molecule has 0 aliphatic heterocycles. The number of nitrogens with two attached hydrogens (primary N) is 1. The Balaban J connectivity index is 4.79. The summed E-state index contributed by atoms with van der Waals surface area (Å²) in [7, 11) is 0. The minimum atomic E-state index is -0.405. The summed E-state index contributed by atoms with van der Waals surface area (Å²) in [5.74, 6) is -0.405. The fourth-order valence-corrected chi connectivity index (χ4v) is 1.51. The van der Waals surface area contributed by atoms with Gasteiger partial charge in [0.1, 0.15) is 0 Å². The van der Waals surface area contributed by atoms with E-state index in [4.69, 9.17) is 5.73 Å². The average Bonchev–Trinajstić information content (AvgIpc) is 2.19. The normalized spacial score (nSPS) is 11.9. The van der Waals surface area contributed by atoms with E-state index in [-0.39, 0.29) is 0 Å². The Morgan fingerprint density at radius 3 is 2.40 bits per heavy atom. The number of rotatable bonds is 7. The summed E-state index contributed by atoms with van der Waals surface area (Å²) in [6.07, 6.45) is 3.80. The molecule has 0 radical (unpaired) electrons. The van der Waals surface area contributed by atoms with Crippen LogP contribution in [0, 0.1) is 0 Å². The van der Waals surface area contributed by atoms with Crippen molar-refractivity contribution in [2.45, 2.75) is 33.6 Å². The summed E-state index contributed by atoms with van der Waals surface area (Å²) in [6, 6.07) is 0. The van der Waals surface area contributed by atoms with Crippen molar-refractivity contribution in [2.75, 3.05) is 13.1 Å². The molecule has 0 unspecified atom stereocenters. The number of unbranched alkanes of at least 4 members (excludes halogenated alkanes) is 1. The van der Waals surface area contributed by atoms with E-state index in [0.29, 0.717) is 5.57 Å². The molecule has 3 nitrogen and oxygen atoms in total. The van der Waals surface area contributed by atoms with Crippen LogP contribution >= 0.6 is 0 Å². The largest absolute Gasteiger partial charge is 0.375 e. The Kier molecular flexibility index (Phi) is 6.50. The molecule has 0 aliphatic carbocycles. The summed E-state index contributed by atoms with van der Waals surface area (Å²) >= 11 is 0. The van der Waals surface area contributed by atoms with E-state index in [2.05, 4.69) is 25.3 Å². The van der Waals surface area contributed by atoms with E-state index in [1.807, 2.05) is 6.92 Å². The van der Waals surface area contributed by atoms with E-state index in [0.717, 1.165) is 31.6 Å². The quantitative estimate of drug-likeness (QED) is 0.516. The number of allylic oxidation sites excluding steroid dienone is 1. The van der Waals surface area contributed by atoms with Gasteiger partial charge in [-0.15, -0.1) is 0 Å². The van der Waals surface area contributed by atoms with Gasteiger partial charge in [0.05, 0.1) is 5.57 Å². The Labute approximate surface area is 92.6 Å². The van der Waals surface area contributed by atoms with E-state index < -0.39 is 5.91 Å². The molecule has 0 saturated carbocycles. The molecule has 1 amide bonds. The minimum Gasteiger partial charge on any atom is -0.375 e. The van der Waals surface area contributed by atoms with Gasteiger partial charge in [-0.1, -0.05) is 26.0 Å². The smallest absolute Gasteiger partial charge is 0.250 e. The number of carbonyl (C=O) groups is 1. The molecule has 0 aromatic carbocycles. The van der Waals surface area contributed by atoms with Gasteiger partial charge in [0.25, 0.3) is 0 Å². The van der Waals surface area contributed by atoms with Crippen LogP contribution in [0.25, 0.3) is 0 Å². The van der Waals surface area contributed by atoms with Crippen molar-refractivity contribution in [3.63, 3.8) is 0 Å². The zero-order chi connectivity index (χ0) is 11.8. The summed E-state index contributed by atoms with van der Waals surface area (Å²) in [5.41, 5.74) is 6.72. The van der Waals surface area contributed by atoms with E-state index >= 15 is 0 Å². The van der Waals surface area contributed by atoms with Gasteiger partial charge in [0, 0.05) is 18.8 Å². The third-order valence-electron chi connectivity index (χ3n) is 2.50. The highest BCUT2D eigenvalue weighted by atomic mass is 16.1. The molecule has 0 fully saturated rings. The predicted molar refractivity (Wildman–Crippen MR) is 64.2 cm³/mol. The zero-order valence-corrected chi connectivity index (χ0v) is 10.0. The maximum atomic E-state index is 11.1. The van der Waals surface area contributed by atoms with Crippen molar-refractivity contribution in [3.8, 4) is 0 Å². The third-order valence-corrected chi connectivity index (χ3v) is 2.50. The molecule has 0 atom stereocenters. The molecule has 0 heterocycles. The van der Waals surface area contributed by atoms with Gasteiger partial charge in [0.15, 0.2) is 0 Å².